The van der Waals surface area contributed by atoms with E-state index in [1.165, 1.54) is 0 Å². The summed E-state index contributed by atoms with van der Waals surface area (Å²) >= 11 is 0. The first-order valence-corrected chi connectivity index (χ1v) is 5.33. The molecule has 0 aromatic heterocycles. The van der Waals surface area contributed by atoms with Gasteiger partial charge < -0.3 is 10.6 Å². The fourth-order valence-electron chi connectivity index (χ4n) is 1.50. The number of rotatable bonds is 4. The Hall–Kier alpha value is -1.77. The van der Waals surface area contributed by atoms with E-state index in [9.17, 15) is 4.79 Å². The van der Waals surface area contributed by atoms with Gasteiger partial charge in [0.2, 0.25) is 0 Å². The summed E-state index contributed by atoms with van der Waals surface area (Å²) in [7, 11) is 0. The van der Waals surface area contributed by atoms with Crippen LogP contribution in [0.4, 0.5) is 5.69 Å². The van der Waals surface area contributed by atoms with Gasteiger partial charge in [-0.2, -0.15) is 0 Å². The molecule has 0 aliphatic carbocycles. The van der Waals surface area contributed by atoms with Crippen LogP contribution in [0.3, 0.4) is 0 Å². The van der Waals surface area contributed by atoms with Crippen LogP contribution >= 0.6 is 0 Å². The fourth-order valence-corrected chi connectivity index (χ4v) is 1.50. The molecule has 1 amide bonds. The molecule has 0 heterocycles. The Bertz CT molecular complexity index is 385. The highest BCUT2D eigenvalue weighted by Crippen LogP contribution is 2.11. The van der Waals surface area contributed by atoms with Gasteiger partial charge in [-0.1, -0.05) is 12.1 Å². The van der Waals surface area contributed by atoms with Crippen molar-refractivity contribution in [3.63, 3.8) is 0 Å². The number of anilines is 1. The van der Waals surface area contributed by atoms with Gasteiger partial charge in [0, 0.05) is 23.8 Å². The van der Waals surface area contributed by atoms with Crippen molar-refractivity contribution in [2.75, 3.05) is 12.3 Å². The largest absolute Gasteiger partial charge is 0.399 e. The molecule has 0 radical (unpaired) electrons. The predicted molar refractivity (Wildman–Crippen MR) is 67.2 cm³/mol. The number of hydrogen-bond donors (Lipinski definition) is 1. The van der Waals surface area contributed by atoms with E-state index >= 15 is 0 Å². The van der Waals surface area contributed by atoms with E-state index in [2.05, 4.69) is 6.58 Å². The Kier molecular flexibility index (Phi) is 4.11. The minimum Gasteiger partial charge on any atom is -0.399 e. The Morgan fingerprint density at radius 3 is 2.75 bits per heavy atom. The average Bonchev–Trinajstić information content (AvgIpc) is 2.24. The van der Waals surface area contributed by atoms with E-state index in [0.29, 0.717) is 17.8 Å². The normalized spacial score (nSPS) is 10.2. The summed E-state index contributed by atoms with van der Waals surface area (Å²) in [5, 5.41) is 0. The molecular weight excluding hydrogens is 200 g/mol. The zero-order chi connectivity index (χ0) is 12.1. The molecule has 2 N–H and O–H groups in total. The molecule has 0 unspecified atom stereocenters. The SMILES string of the molecule is C=CCN(C(=O)c1cccc(N)c1)C(C)C. The molecule has 0 bridgehead atoms. The molecule has 3 heteroatoms. The van der Waals surface area contributed by atoms with E-state index in [0.717, 1.165) is 0 Å². The number of carbonyl (C=O) groups is 1. The molecule has 0 saturated heterocycles. The molecule has 86 valence electrons. The van der Waals surface area contributed by atoms with Gasteiger partial charge in [0.1, 0.15) is 0 Å². The summed E-state index contributed by atoms with van der Waals surface area (Å²) in [5.41, 5.74) is 6.88. The number of nitrogens with zero attached hydrogens (tertiary/aromatic N) is 1. The number of nitrogen functional groups attached to an aromatic ring is 1. The summed E-state index contributed by atoms with van der Waals surface area (Å²) in [6.45, 7) is 8.16. The Morgan fingerprint density at radius 2 is 2.25 bits per heavy atom. The number of benzene rings is 1. The van der Waals surface area contributed by atoms with Crippen molar-refractivity contribution in [3.8, 4) is 0 Å². The third kappa shape index (κ3) is 2.86. The number of hydrogen-bond acceptors (Lipinski definition) is 2. The topological polar surface area (TPSA) is 46.3 Å². The second kappa shape index (κ2) is 5.35. The molecule has 0 saturated carbocycles. The smallest absolute Gasteiger partial charge is 0.254 e. The van der Waals surface area contributed by atoms with Gasteiger partial charge in [-0.3, -0.25) is 4.79 Å². The van der Waals surface area contributed by atoms with Gasteiger partial charge in [0.25, 0.3) is 5.91 Å². The third-order valence-electron chi connectivity index (χ3n) is 2.34. The lowest BCUT2D eigenvalue weighted by Gasteiger charge is -2.25. The zero-order valence-corrected chi connectivity index (χ0v) is 9.81. The molecule has 1 rings (SSSR count). The van der Waals surface area contributed by atoms with Crippen molar-refractivity contribution in [2.45, 2.75) is 19.9 Å². The highest BCUT2D eigenvalue weighted by Gasteiger charge is 2.17. The summed E-state index contributed by atoms with van der Waals surface area (Å²) in [5.74, 6) is -0.0119. The Morgan fingerprint density at radius 1 is 1.56 bits per heavy atom. The van der Waals surface area contributed by atoms with Gasteiger partial charge in [-0.15, -0.1) is 6.58 Å². The van der Waals surface area contributed by atoms with Crippen molar-refractivity contribution in [3.05, 3.63) is 42.5 Å². The summed E-state index contributed by atoms with van der Waals surface area (Å²) < 4.78 is 0. The summed E-state index contributed by atoms with van der Waals surface area (Å²) in [6, 6.07) is 7.17. The van der Waals surface area contributed by atoms with Crippen molar-refractivity contribution in [1.82, 2.24) is 4.90 Å². The lowest BCUT2D eigenvalue weighted by Crippen LogP contribution is -2.37. The van der Waals surface area contributed by atoms with Gasteiger partial charge >= 0.3 is 0 Å². The number of amides is 1. The minimum atomic E-state index is -0.0119. The fraction of sp³-hybridized carbons (Fsp3) is 0.308. The average molecular weight is 218 g/mol. The van der Waals surface area contributed by atoms with Crippen molar-refractivity contribution >= 4 is 11.6 Å². The van der Waals surface area contributed by atoms with Gasteiger partial charge in [-0.05, 0) is 32.0 Å². The van der Waals surface area contributed by atoms with Crippen LogP contribution in [0.15, 0.2) is 36.9 Å². The quantitative estimate of drug-likeness (QED) is 0.622. The lowest BCUT2D eigenvalue weighted by atomic mass is 10.1. The third-order valence-corrected chi connectivity index (χ3v) is 2.34. The molecule has 0 fully saturated rings. The van der Waals surface area contributed by atoms with Crippen LogP contribution < -0.4 is 5.73 Å². The molecule has 0 aliphatic heterocycles. The van der Waals surface area contributed by atoms with Crippen LogP contribution in [-0.2, 0) is 0 Å². The molecular formula is C13H18N2O. The van der Waals surface area contributed by atoms with Crippen LogP contribution in [0.1, 0.15) is 24.2 Å². The van der Waals surface area contributed by atoms with E-state index in [1.807, 2.05) is 13.8 Å². The van der Waals surface area contributed by atoms with Crippen molar-refractivity contribution in [2.24, 2.45) is 0 Å². The summed E-state index contributed by atoms with van der Waals surface area (Å²) in [4.78, 5) is 13.9. The van der Waals surface area contributed by atoms with Crippen molar-refractivity contribution in [1.29, 1.82) is 0 Å². The monoisotopic (exact) mass is 218 g/mol. The molecule has 0 atom stereocenters. The van der Waals surface area contributed by atoms with Gasteiger partial charge in [0.05, 0.1) is 0 Å². The Balaban J connectivity index is 2.94. The standard InChI is InChI=1S/C13H18N2O/c1-4-8-15(10(2)3)13(16)11-6-5-7-12(14)9-11/h4-7,9-10H,1,8,14H2,2-3H3. The van der Waals surface area contributed by atoms with E-state index < -0.39 is 0 Å². The Labute approximate surface area is 96.6 Å². The lowest BCUT2D eigenvalue weighted by molar-refractivity contribution is 0.0729. The first-order valence-electron chi connectivity index (χ1n) is 5.33. The maximum atomic E-state index is 12.2. The number of carbonyl (C=O) groups excluding carboxylic acids is 1. The molecule has 3 nitrogen and oxygen atoms in total. The predicted octanol–water partition coefficient (Wildman–Crippen LogP) is 2.31. The van der Waals surface area contributed by atoms with Crippen LogP contribution in [0.5, 0.6) is 0 Å². The van der Waals surface area contributed by atoms with Gasteiger partial charge in [0.15, 0.2) is 0 Å². The summed E-state index contributed by atoms with van der Waals surface area (Å²) in [6.07, 6.45) is 1.73. The second-order valence-corrected chi connectivity index (χ2v) is 3.97. The second-order valence-electron chi connectivity index (χ2n) is 3.97. The highest BCUT2D eigenvalue weighted by atomic mass is 16.2. The zero-order valence-electron chi connectivity index (χ0n) is 9.81. The molecule has 16 heavy (non-hydrogen) atoms. The highest BCUT2D eigenvalue weighted by molar-refractivity contribution is 5.95. The van der Waals surface area contributed by atoms with Crippen LogP contribution in [-0.4, -0.2) is 23.4 Å². The van der Waals surface area contributed by atoms with Crippen LogP contribution in [0.25, 0.3) is 0 Å². The maximum absolute atomic E-state index is 12.2. The first kappa shape index (κ1) is 12.3. The van der Waals surface area contributed by atoms with Crippen LogP contribution in [0.2, 0.25) is 0 Å². The number of nitrogens with two attached hydrogens (primary N) is 1. The van der Waals surface area contributed by atoms with Crippen molar-refractivity contribution < 1.29 is 4.79 Å². The van der Waals surface area contributed by atoms with Gasteiger partial charge in [-0.25, -0.2) is 0 Å². The first-order chi connectivity index (χ1) is 7.56. The molecule has 1 aromatic rings. The molecule has 0 aliphatic rings. The van der Waals surface area contributed by atoms with Crippen LogP contribution in [0, 0.1) is 0 Å². The van der Waals surface area contributed by atoms with E-state index in [1.54, 1.807) is 35.2 Å². The van der Waals surface area contributed by atoms with E-state index in [-0.39, 0.29) is 11.9 Å². The molecule has 1 aromatic carbocycles. The van der Waals surface area contributed by atoms with E-state index in [4.69, 9.17) is 5.73 Å². The maximum Gasteiger partial charge on any atom is 0.254 e. The minimum absolute atomic E-state index is 0.0119. The molecule has 0 spiro atoms.